The summed E-state index contributed by atoms with van der Waals surface area (Å²) in [6.45, 7) is 5.49. The summed E-state index contributed by atoms with van der Waals surface area (Å²) in [6, 6.07) is 54.7. The van der Waals surface area contributed by atoms with Crippen molar-refractivity contribution in [1.82, 2.24) is 15.3 Å². The Balaban J connectivity index is 1.16. The first kappa shape index (κ1) is 29.4. The third-order valence-electron chi connectivity index (χ3n) is 9.90. The van der Waals surface area contributed by atoms with E-state index in [1.54, 1.807) is 0 Å². The van der Waals surface area contributed by atoms with Gasteiger partial charge in [0.15, 0.2) is 0 Å². The fourth-order valence-corrected chi connectivity index (χ4v) is 7.58. The van der Waals surface area contributed by atoms with Gasteiger partial charge in [0.2, 0.25) is 0 Å². The predicted octanol–water partition coefficient (Wildman–Crippen LogP) is 10.1. The summed E-state index contributed by atoms with van der Waals surface area (Å²) in [6.07, 6.45) is 0.262. The van der Waals surface area contributed by atoms with E-state index in [2.05, 4.69) is 186 Å². The van der Waals surface area contributed by atoms with Gasteiger partial charge in [-0.3, -0.25) is 5.32 Å². The second-order valence-electron chi connectivity index (χ2n) is 13.1. The van der Waals surface area contributed by atoms with Crippen molar-refractivity contribution in [2.45, 2.75) is 38.1 Å². The van der Waals surface area contributed by atoms with Crippen LogP contribution in [0.2, 0.25) is 0 Å². The fourth-order valence-electron chi connectivity index (χ4n) is 7.58. The highest BCUT2D eigenvalue weighted by atomic mass is 15.9. The van der Waals surface area contributed by atoms with Crippen molar-refractivity contribution in [3.05, 3.63) is 179 Å². The Labute approximate surface area is 278 Å². The van der Waals surface area contributed by atoms with Gasteiger partial charge < -0.3 is 5.32 Å². The molecule has 0 amide bonds. The fraction of sp³-hybridized carbons (Fsp3) is 0.163. The van der Waals surface area contributed by atoms with Gasteiger partial charge in [-0.15, -0.1) is 0 Å². The maximum absolute atomic E-state index is 3.95. The van der Waals surface area contributed by atoms with Gasteiger partial charge in [-0.2, -0.15) is 5.01 Å². The number of benzene rings is 6. The Hall–Kier alpha value is -5.00. The number of rotatable bonds is 9. The van der Waals surface area contributed by atoms with Gasteiger partial charge in [-0.05, 0) is 58.1 Å². The minimum absolute atomic E-state index is 0.0722. The van der Waals surface area contributed by atoms with Gasteiger partial charge in [0.05, 0.1) is 5.69 Å². The van der Waals surface area contributed by atoms with E-state index < -0.39 is 0 Å². The molecule has 4 nitrogen and oxygen atoms in total. The average Bonchev–Trinajstić information content (AvgIpc) is 3.75. The SMILES string of the molecule is CNC(c1ccccc1)N1C(c2ccccc2)N1Cc1cccc(Nc2c(-c3ccccc3)ccc3c2-c2ccccc2C3(C)C)c1. The van der Waals surface area contributed by atoms with Gasteiger partial charge in [0.1, 0.15) is 12.3 Å². The van der Waals surface area contributed by atoms with Crippen LogP contribution in [0.5, 0.6) is 0 Å². The zero-order chi connectivity index (χ0) is 32.0. The predicted molar refractivity (Wildman–Crippen MR) is 194 cm³/mol. The van der Waals surface area contributed by atoms with Crippen LogP contribution in [0.3, 0.4) is 0 Å². The summed E-state index contributed by atoms with van der Waals surface area (Å²) in [7, 11) is 2.04. The Bertz CT molecular complexity index is 2020. The maximum Gasteiger partial charge on any atom is 0.117 e. The van der Waals surface area contributed by atoms with Gasteiger partial charge >= 0.3 is 0 Å². The minimum Gasteiger partial charge on any atom is -0.354 e. The Morgan fingerprint density at radius 1 is 0.660 bits per heavy atom. The molecule has 1 heterocycles. The Kier molecular flexibility index (Phi) is 7.49. The molecule has 4 heteroatoms. The lowest BCUT2D eigenvalue weighted by Gasteiger charge is -2.23. The summed E-state index contributed by atoms with van der Waals surface area (Å²) >= 11 is 0. The quantitative estimate of drug-likeness (QED) is 0.159. The van der Waals surface area contributed by atoms with E-state index in [1.807, 2.05) is 7.05 Å². The number of nitrogens with one attached hydrogen (secondary N) is 2. The lowest BCUT2D eigenvalue weighted by Crippen LogP contribution is -2.26. The van der Waals surface area contributed by atoms with Crippen molar-refractivity contribution in [1.29, 1.82) is 0 Å². The number of anilines is 2. The van der Waals surface area contributed by atoms with Crippen LogP contribution >= 0.6 is 0 Å². The van der Waals surface area contributed by atoms with Crippen LogP contribution in [0.25, 0.3) is 22.3 Å². The van der Waals surface area contributed by atoms with Crippen molar-refractivity contribution < 1.29 is 0 Å². The van der Waals surface area contributed by atoms with Crippen molar-refractivity contribution in [3.8, 4) is 22.3 Å². The van der Waals surface area contributed by atoms with Crippen LogP contribution in [0.1, 0.15) is 54.0 Å². The molecule has 1 fully saturated rings. The highest BCUT2D eigenvalue weighted by molar-refractivity contribution is 5.98. The second-order valence-corrected chi connectivity index (χ2v) is 13.1. The van der Waals surface area contributed by atoms with Crippen LogP contribution in [-0.2, 0) is 12.0 Å². The summed E-state index contributed by atoms with van der Waals surface area (Å²) in [4.78, 5) is 0. The number of hydrogen-bond donors (Lipinski definition) is 2. The summed E-state index contributed by atoms with van der Waals surface area (Å²) in [5, 5.41) is 12.5. The molecule has 1 aliphatic heterocycles. The van der Waals surface area contributed by atoms with E-state index in [4.69, 9.17) is 0 Å². The molecule has 4 atom stereocenters. The molecule has 4 unspecified atom stereocenters. The van der Waals surface area contributed by atoms with Crippen LogP contribution in [0, 0.1) is 0 Å². The van der Waals surface area contributed by atoms with Crippen LogP contribution < -0.4 is 10.6 Å². The topological polar surface area (TPSA) is 30.1 Å². The van der Waals surface area contributed by atoms with Gasteiger partial charge in [0, 0.05) is 28.8 Å². The van der Waals surface area contributed by atoms with Gasteiger partial charge in [-0.25, -0.2) is 5.01 Å². The molecule has 6 aromatic carbocycles. The molecule has 47 heavy (non-hydrogen) atoms. The van der Waals surface area contributed by atoms with E-state index in [9.17, 15) is 0 Å². The molecule has 2 aliphatic rings. The molecule has 0 bridgehead atoms. The second kappa shape index (κ2) is 12.0. The van der Waals surface area contributed by atoms with E-state index in [1.165, 1.54) is 55.8 Å². The third kappa shape index (κ3) is 5.25. The molecule has 1 saturated heterocycles. The summed E-state index contributed by atoms with van der Waals surface area (Å²) < 4.78 is 0. The molecular formula is C43H40N4. The highest BCUT2D eigenvalue weighted by Crippen LogP contribution is 2.54. The molecule has 1 aliphatic carbocycles. The maximum atomic E-state index is 3.95. The minimum atomic E-state index is -0.0722. The molecule has 232 valence electrons. The zero-order valence-corrected chi connectivity index (χ0v) is 27.2. The molecule has 6 aromatic rings. The smallest absolute Gasteiger partial charge is 0.117 e. The third-order valence-corrected chi connectivity index (χ3v) is 9.90. The molecule has 0 aromatic heterocycles. The molecule has 8 rings (SSSR count). The molecular weight excluding hydrogens is 573 g/mol. The number of hydrazine groups is 1. The van der Waals surface area contributed by atoms with Crippen LogP contribution in [-0.4, -0.2) is 17.1 Å². The summed E-state index contributed by atoms with van der Waals surface area (Å²) in [5.41, 5.74) is 13.8. The molecule has 2 N–H and O–H groups in total. The number of hydrogen-bond acceptors (Lipinski definition) is 4. The first-order chi connectivity index (χ1) is 23.0. The van der Waals surface area contributed by atoms with Crippen molar-refractivity contribution in [2.24, 2.45) is 0 Å². The Morgan fingerprint density at radius 3 is 2.09 bits per heavy atom. The highest BCUT2D eigenvalue weighted by Gasteiger charge is 2.50. The van der Waals surface area contributed by atoms with Gasteiger partial charge in [-0.1, -0.05) is 153 Å². The van der Waals surface area contributed by atoms with E-state index in [0.29, 0.717) is 0 Å². The Morgan fingerprint density at radius 2 is 1.34 bits per heavy atom. The monoisotopic (exact) mass is 612 g/mol. The van der Waals surface area contributed by atoms with Gasteiger partial charge in [0.25, 0.3) is 0 Å². The lowest BCUT2D eigenvalue weighted by molar-refractivity contribution is 0.209. The van der Waals surface area contributed by atoms with Crippen LogP contribution in [0.4, 0.5) is 11.4 Å². The van der Waals surface area contributed by atoms with E-state index in [-0.39, 0.29) is 17.7 Å². The molecule has 0 spiro atoms. The van der Waals surface area contributed by atoms with Crippen LogP contribution in [0.15, 0.2) is 152 Å². The van der Waals surface area contributed by atoms with Crippen molar-refractivity contribution in [3.63, 3.8) is 0 Å². The summed E-state index contributed by atoms with van der Waals surface area (Å²) in [5.74, 6) is 0. The number of nitrogens with zero attached hydrogens (tertiary/aromatic N) is 2. The zero-order valence-electron chi connectivity index (χ0n) is 27.2. The van der Waals surface area contributed by atoms with E-state index >= 15 is 0 Å². The lowest BCUT2D eigenvalue weighted by atomic mass is 9.82. The largest absolute Gasteiger partial charge is 0.354 e. The number of fused-ring (bicyclic) bond motifs is 3. The average molecular weight is 613 g/mol. The first-order valence-electron chi connectivity index (χ1n) is 16.6. The molecule has 0 saturated carbocycles. The normalized spacial score (nSPS) is 19.4. The van der Waals surface area contributed by atoms with E-state index in [0.717, 1.165) is 12.2 Å². The van der Waals surface area contributed by atoms with Crippen molar-refractivity contribution >= 4 is 11.4 Å². The van der Waals surface area contributed by atoms with Crippen molar-refractivity contribution in [2.75, 3.05) is 12.4 Å². The standard InChI is InChI=1S/C43H40N4/c1-43(2)37-25-14-13-24-36(37)39-38(43)27-26-35(31-17-7-4-8-18-31)40(39)45-34-23-15-16-30(28-34)29-46-42(33-21-11-6-12-22-33)47(46)41(44-3)32-19-9-5-10-20-32/h4-28,41-42,44-45H,29H2,1-3H3. The first-order valence-corrected chi connectivity index (χ1v) is 16.6. The molecule has 0 radical (unpaired) electrons.